The van der Waals surface area contributed by atoms with Crippen molar-refractivity contribution in [2.24, 2.45) is 0 Å². The van der Waals surface area contributed by atoms with E-state index in [-0.39, 0.29) is 6.04 Å². The van der Waals surface area contributed by atoms with Crippen LogP contribution in [0.3, 0.4) is 0 Å². The van der Waals surface area contributed by atoms with Crippen molar-refractivity contribution in [2.45, 2.75) is 25.9 Å². The number of H-pyrrole nitrogens is 1. The van der Waals surface area contributed by atoms with Gasteiger partial charge >= 0.3 is 6.09 Å². The lowest BCUT2D eigenvalue weighted by atomic mass is 9.98. The molecule has 1 amide bonds. The van der Waals surface area contributed by atoms with E-state index in [4.69, 9.17) is 0 Å². The third-order valence-corrected chi connectivity index (χ3v) is 4.04. The third-order valence-electron chi connectivity index (χ3n) is 3.35. The quantitative estimate of drug-likeness (QED) is 0.830. The summed E-state index contributed by atoms with van der Waals surface area (Å²) in [6.07, 6.45) is -0.177. The first-order chi connectivity index (χ1) is 8.66. The molecule has 6 heteroatoms. The molecule has 1 unspecified atom stereocenters. The van der Waals surface area contributed by atoms with Gasteiger partial charge in [0.25, 0.3) is 0 Å². The second kappa shape index (κ2) is 4.13. The maximum Gasteiger partial charge on any atom is 0.407 e. The van der Waals surface area contributed by atoms with Crippen LogP contribution in [0.5, 0.6) is 0 Å². The Balaban J connectivity index is 2.02. The van der Waals surface area contributed by atoms with Gasteiger partial charge in [-0.15, -0.1) is 0 Å². The van der Waals surface area contributed by atoms with Gasteiger partial charge in [0.2, 0.25) is 0 Å². The number of nitrogens with zero attached hydrogens (tertiary/aromatic N) is 2. The molecule has 0 saturated heterocycles. The molecule has 5 nitrogen and oxygen atoms in total. The molecule has 1 atom stereocenters. The second-order valence-electron chi connectivity index (χ2n) is 4.50. The minimum atomic E-state index is -0.870. The Morgan fingerprint density at radius 1 is 1.67 bits per heavy atom. The second-order valence-corrected chi connectivity index (χ2v) is 5.28. The molecular formula is C12H13N3O2S. The van der Waals surface area contributed by atoms with Crippen LogP contribution in [-0.2, 0) is 13.0 Å². The summed E-state index contributed by atoms with van der Waals surface area (Å²) >= 11 is 1.61. The van der Waals surface area contributed by atoms with Crippen LogP contribution >= 0.6 is 11.3 Å². The maximum atomic E-state index is 11.2. The standard InChI is InChI=1S/C12H13N3O2S/c1-7-4-10-9(5-15(7)12(16)17)11(14-13-10)8-2-3-18-6-8/h2-3,6-7H,4-5H2,1H3,(H,13,14)(H,16,17). The van der Waals surface area contributed by atoms with Gasteiger partial charge < -0.3 is 10.0 Å². The number of carboxylic acid groups (broad SMARTS) is 1. The Morgan fingerprint density at radius 3 is 3.17 bits per heavy atom. The van der Waals surface area contributed by atoms with Gasteiger partial charge in [-0.25, -0.2) is 4.79 Å². The molecule has 0 bridgehead atoms. The van der Waals surface area contributed by atoms with Gasteiger partial charge in [0, 0.05) is 34.7 Å². The Labute approximate surface area is 108 Å². The number of aromatic nitrogens is 2. The zero-order valence-corrected chi connectivity index (χ0v) is 10.7. The van der Waals surface area contributed by atoms with Gasteiger partial charge in [-0.1, -0.05) is 0 Å². The smallest absolute Gasteiger partial charge is 0.407 e. The molecule has 18 heavy (non-hydrogen) atoms. The van der Waals surface area contributed by atoms with Crippen molar-refractivity contribution < 1.29 is 9.90 Å². The molecule has 2 aromatic heterocycles. The highest BCUT2D eigenvalue weighted by Gasteiger charge is 2.30. The Bertz CT molecular complexity index is 576. The molecule has 2 N–H and O–H groups in total. The number of aromatic amines is 1. The van der Waals surface area contributed by atoms with Gasteiger partial charge in [0.15, 0.2) is 0 Å². The van der Waals surface area contributed by atoms with Crippen LogP contribution in [0.25, 0.3) is 11.3 Å². The number of rotatable bonds is 1. The number of thiophene rings is 1. The molecule has 0 aromatic carbocycles. The minimum absolute atomic E-state index is 0.00854. The summed E-state index contributed by atoms with van der Waals surface area (Å²) in [7, 11) is 0. The van der Waals surface area contributed by atoms with E-state index >= 15 is 0 Å². The van der Waals surface area contributed by atoms with E-state index in [1.165, 1.54) is 4.90 Å². The molecule has 1 aliphatic heterocycles. The summed E-state index contributed by atoms with van der Waals surface area (Å²) in [5, 5.41) is 20.6. The molecule has 1 aliphatic rings. The first-order valence-corrected chi connectivity index (χ1v) is 6.69. The van der Waals surface area contributed by atoms with Crippen LogP contribution < -0.4 is 0 Å². The molecule has 2 aromatic rings. The monoisotopic (exact) mass is 263 g/mol. The predicted octanol–water partition coefficient (Wildman–Crippen LogP) is 2.56. The fourth-order valence-electron chi connectivity index (χ4n) is 2.37. The van der Waals surface area contributed by atoms with Gasteiger partial charge in [-0.3, -0.25) is 5.10 Å². The van der Waals surface area contributed by atoms with Crippen molar-refractivity contribution in [1.29, 1.82) is 0 Å². The maximum absolute atomic E-state index is 11.2. The summed E-state index contributed by atoms with van der Waals surface area (Å²) in [5.74, 6) is 0. The summed E-state index contributed by atoms with van der Waals surface area (Å²) in [4.78, 5) is 12.7. The van der Waals surface area contributed by atoms with Gasteiger partial charge in [-0.05, 0) is 18.4 Å². The van der Waals surface area contributed by atoms with Crippen molar-refractivity contribution >= 4 is 17.4 Å². The topological polar surface area (TPSA) is 69.2 Å². The predicted molar refractivity (Wildman–Crippen MR) is 68.6 cm³/mol. The molecule has 0 spiro atoms. The van der Waals surface area contributed by atoms with E-state index in [0.29, 0.717) is 13.0 Å². The van der Waals surface area contributed by atoms with Crippen LogP contribution in [0, 0.1) is 0 Å². The summed E-state index contributed by atoms with van der Waals surface area (Å²) in [6, 6.07) is 2.00. The minimum Gasteiger partial charge on any atom is -0.465 e. The SMILES string of the molecule is CC1Cc2[nH]nc(-c3ccsc3)c2CN1C(=O)O. The van der Waals surface area contributed by atoms with Crippen molar-refractivity contribution in [3.63, 3.8) is 0 Å². The van der Waals surface area contributed by atoms with Crippen molar-refractivity contribution in [3.8, 4) is 11.3 Å². The first kappa shape index (κ1) is 11.3. The van der Waals surface area contributed by atoms with E-state index in [9.17, 15) is 9.90 Å². The van der Waals surface area contributed by atoms with E-state index in [1.54, 1.807) is 11.3 Å². The largest absolute Gasteiger partial charge is 0.465 e. The molecule has 94 valence electrons. The van der Waals surface area contributed by atoms with Crippen LogP contribution in [0.1, 0.15) is 18.2 Å². The van der Waals surface area contributed by atoms with Gasteiger partial charge in [-0.2, -0.15) is 16.4 Å². The number of nitrogens with one attached hydrogen (secondary N) is 1. The molecule has 0 fully saturated rings. The highest BCUT2D eigenvalue weighted by molar-refractivity contribution is 7.08. The summed E-state index contributed by atoms with van der Waals surface area (Å²) in [5.41, 5.74) is 4.00. The molecular weight excluding hydrogens is 250 g/mol. The Kier molecular flexibility index (Phi) is 2.59. The lowest BCUT2D eigenvalue weighted by Gasteiger charge is -2.30. The number of amides is 1. The van der Waals surface area contributed by atoms with Crippen LogP contribution in [0.2, 0.25) is 0 Å². The van der Waals surface area contributed by atoms with Crippen molar-refractivity contribution in [1.82, 2.24) is 15.1 Å². The zero-order valence-electron chi connectivity index (χ0n) is 9.88. The van der Waals surface area contributed by atoms with Crippen LogP contribution in [0.4, 0.5) is 4.79 Å². The lowest BCUT2D eigenvalue weighted by molar-refractivity contribution is 0.119. The fourth-order valence-corrected chi connectivity index (χ4v) is 3.01. The fraction of sp³-hybridized carbons (Fsp3) is 0.333. The molecule has 0 aliphatic carbocycles. The Morgan fingerprint density at radius 2 is 2.50 bits per heavy atom. The number of hydrogen-bond acceptors (Lipinski definition) is 3. The van der Waals surface area contributed by atoms with Gasteiger partial charge in [0.05, 0.1) is 12.2 Å². The average molecular weight is 263 g/mol. The normalized spacial score (nSPS) is 18.7. The van der Waals surface area contributed by atoms with E-state index in [2.05, 4.69) is 10.2 Å². The molecule has 0 radical (unpaired) electrons. The zero-order chi connectivity index (χ0) is 12.7. The third kappa shape index (κ3) is 1.69. The Hall–Kier alpha value is -1.82. The molecule has 3 rings (SSSR count). The van der Waals surface area contributed by atoms with E-state index in [0.717, 1.165) is 22.5 Å². The van der Waals surface area contributed by atoms with E-state index in [1.807, 2.05) is 23.8 Å². The summed E-state index contributed by atoms with van der Waals surface area (Å²) < 4.78 is 0. The number of carbonyl (C=O) groups is 1. The first-order valence-electron chi connectivity index (χ1n) is 5.75. The highest BCUT2D eigenvalue weighted by atomic mass is 32.1. The average Bonchev–Trinajstić information content (AvgIpc) is 2.94. The summed E-state index contributed by atoms with van der Waals surface area (Å²) in [6.45, 7) is 2.33. The van der Waals surface area contributed by atoms with Crippen molar-refractivity contribution in [3.05, 3.63) is 28.1 Å². The number of fused-ring (bicyclic) bond motifs is 1. The highest BCUT2D eigenvalue weighted by Crippen LogP contribution is 2.31. The number of hydrogen-bond donors (Lipinski definition) is 2. The molecule has 3 heterocycles. The molecule has 0 saturated carbocycles. The van der Waals surface area contributed by atoms with Crippen LogP contribution in [-0.4, -0.2) is 32.3 Å². The van der Waals surface area contributed by atoms with E-state index < -0.39 is 6.09 Å². The van der Waals surface area contributed by atoms with Gasteiger partial charge in [0.1, 0.15) is 0 Å². The lowest BCUT2D eigenvalue weighted by Crippen LogP contribution is -2.41. The van der Waals surface area contributed by atoms with Crippen LogP contribution in [0.15, 0.2) is 16.8 Å². The van der Waals surface area contributed by atoms with Crippen molar-refractivity contribution in [2.75, 3.05) is 0 Å².